The second-order valence-corrected chi connectivity index (χ2v) is 6.07. The van der Waals surface area contributed by atoms with Crippen LogP contribution in [-0.2, 0) is 13.6 Å². The third-order valence-electron chi connectivity index (χ3n) is 4.32. The Kier molecular flexibility index (Phi) is 6.11. The molecule has 28 heavy (non-hydrogen) atoms. The summed E-state index contributed by atoms with van der Waals surface area (Å²) < 4.78 is 12.6. The molecule has 0 aliphatic rings. The van der Waals surface area contributed by atoms with Gasteiger partial charge in [-0.2, -0.15) is 0 Å². The lowest BCUT2D eigenvalue weighted by molar-refractivity contribution is 0.237. The van der Waals surface area contributed by atoms with Gasteiger partial charge in [0.15, 0.2) is 0 Å². The number of nitrogens with one attached hydrogen (secondary N) is 2. The molecule has 2 amide bonds. The lowest BCUT2D eigenvalue weighted by atomic mass is 10.0. The quantitative estimate of drug-likeness (QED) is 0.656. The highest BCUT2D eigenvalue weighted by Gasteiger charge is 2.23. The number of rotatable bonds is 7. The molecule has 0 spiro atoms. The van der Waals surface area contributed by atoms with E-state index in [0.29, 0.717) is 17.5 Å². The van der Waals surface area contributed by atoms with Crippen molar-refractivity contribution in [1.82, 2.24) is 25.2 Å². The fourth-order valence-electron chi connectivity index (χ4n) is 2.94. The second-order valence-electron chi connectivity index (χ2n) is 6.07. The van der Waals surface area contributed by atoms with E-state index < -0.39 is 6.04 Å². The molecule has 0 fully saturated rings. The molecule has 3 rings (SSSR count). The van der Waals surface area contributed by atoms with Crippen LogP contribution < -0.4 is 20.1 Å². The summed E-state index contributed by atoms with van der Waals surface area (Å²) >= 11 is 0. The Bertz CT molecular complexity index is 941. The predicted molar refractivity (Wildman–Crippen MR) is 104 cm³/mol. The molecular weight excluding hydrogens is 358 g/mol. The van der Waals surface area contributed by atoms with Crippen LogP contribution in [0.15, 0.2) is 55.0 Å². The van der Waals surface area contributed by atoms with Gasteiger partial charge in [0.25, 0.3) is 0 Å². The first-order valence-corrected chi connectivity index (χ1v) is 8.76. The highest BCUT2D eigenvalue weighted by molar-refractivity contribution is 5.75. The highest BCUT2D eigenvalue weighted by Crippen LogP contribution is 2.28. The number of aromatic nitrogens is 3. The van der Waals surface area contributed by atoms with Crippen LogP contribution in [0.2, 0.25) is 0 Å². The fourth-order valence-corrected chi connectivity index (χ4v) is 2.94. The highest BCUT2D eigenvalue weighted by atomic mass is 16.5. The average molecular weight is 381 g/mol. The monoisotopic (exact) mass is 381 g/mol. The van der Waals surface area contributed by atoms with Crippen molar-refractivity contribution >= 4 is 6.03 Å². The zero-order chi connectivity index (χ0) is 19.9. The van der Waals surface area contributed by atoms with Crippen molar-refractivity contribution in [2.24, 2.45) is 7.05 Å². The van der Waals surface area contributed by atoms with Crippen LogP contribution >= 0.6 is 0 Å². The summed E-state index contributed by atoms with van der Waals surface area (Å²) in [6, 6.07) is 10.4. The van der Waals surface area contributed by atoms with Crippen LogP contribution in [0.25, 0.3) is 0 Å². The molecule has 2 aromatic heterocycles. The summed E-state index contributed by atoms with van der Waals surface area (Å²) in [4.78, 5) is 21.2. The van der Waals surface area contributed by atoms with Crippen LogP contribution in [0.3, 0.4) is 0 Å². The molecule has 8 heteroatoms. The van der Waals surface area contributed by atoms with E-state index in [1.165, 1.54) is 0 Å². The van der Waals surface area contributed by atoms with Gasteiger partial charge in [0, 0.05) is 43.3 Å². The molecular formula is C20H23N5O3. The number of hydrogen-bond acceptors (Lipinski definition) is 5. The van der Waals surface area contributed by atoms with Gasteiger partial charge in [0.05, 0.1) is 14.2 Å². The van der Waals surface area contributed by atoms with Crippen LogP contribution in [0.5, 0.6) is 11.6 Å². The Hall–Kier alpha value is -3.55. The summed E-state index contributed by atoms with van der Waals surface area (Å²) in [7, 11) is 5.03. The van der Waals surface area contributed by atoms with E-state index in [-0.39, 0.29) is 12.6 Å². The zero-order valence-electron chi connectivity index (χ0n) is 16.0. The van der Waals surface area contributed by atoms with Crippen molar-refractivity contribution in [3.8, 4) is 11.6 Å². The molecule has 1 atom stereocenters. The topological polar surface area (TPSA) is 90.3 Å². The molecule has 0 radical (unpaired) electrons. The maximum atomic E-state index is 12.6. The van der Waals surface area contributed by atoms with Crippen LogP contribution in [0.4, 0.5) is 4.79 Å². The van der Waals surface area contributed by atoms with E-state index in [1.807, 2.05) is 48.1 Å². The summed E-state index contributed by atoms with van der Waals surface area (Å²) in [5.41, 5.74) is 1.60. The van der Waals surface area contributed by atoms with Gasteiger partial charge in [0.2, 0.25) is 5.88 Å². The van der Waals surface area contributed by atoms with E-state index in [4.69, 9.17) is 9.47 Å². The molecule has 0 aliphatic heterocycles. The van der Waals surface area contributed by atoms with Gasteiger partial charge >= 0.3 is 6.03 Å². The number of ether oxygens (including phenoxy) is 2. The van der Waals surface area contributed by atoms with Gasteiger partial charge in [-0.05, 0) is 12.1 Å². The first kappa shape index (κ1) is 19.2. The number of carbonyl (C=O) groups is 1. The Morgan fingerprint density at radius 1 is 1.11 bits per heavy atom. The molecule has 0 bridgehead atoms. The van der Waals surface area contributed by atoms with E-state index in [9.17, 15) is 4.79 Å². The Labute approximate surface area is 163 Å². The number of carbonyl (C=O) groups excluding carboxylic acids is 1. The number of methoxy groups -OCH3 is 2. The van der Waals surface area contributed by atoms with Crippen molar-refractivity contribution in [1.29, 1.82) is 0 Å². The number of pyridine rings is 1. The van der Waals surface area contributed by atoms with E-state index in [2.05, 4.69) is 20.6 Å². The van der Waals surface area contributed by atoms with Crippen LogP contribution in [0, 0.1) is 0 Å². The third-order valence-corrected chi connectivity index (χ3v) is 4.32. The minimum Gasteiger partial charge on any atom is -0.496 e. The largest absolute Gasteiger partial charge is 0.496 e. The van der Waals surface area contributed by atoms with Crippen molar-refractivity contribution in [3.05, 3.63) is 71.9 Å². The molecule has 3 aromatic rings. The number of nitrogens with zero attached hydrogens (tertiary/aromatic N) is 3. The molecule has 0 saturated heterocycles. The normalized spacial score (nSPS) is 11.5. The Morgan fingerprint density at radius 3 is 2.64 bits per heavy atom. The van der Waals surface area contributed by atoms with Gasteiger partial charge in [-0.25, -0.2) is 14.8 Å². The van der Waals surface area contributed by atoms with Crippen molar-refractivity contribution in [3.63, 3.8) is 0 Å². The first-order chi connectivity index (χ1) is 13.6. The molecule has 2 heterocycles. The van der Waals surface area contributed by atoms with Crippen molar-refractivity contribution in [2.75, 3.05) is 14.2 Å². The number of imidazole rings is 1. The van der Waals surface area contributed by atoms with E-state index >= 15 is 0 Å². The first-order valence-electron chi connectivity index (χ1n) is 8.76. The van der Waals surface area contributed by atoms with Gasteiger partial charge in [-0.3, -0.25) is 0 Å². The van der Waals surface area contributed by atoms with E-state index in [1.54, 1.807) is 32.7 Å². The molecule has 1 aromatic carbocycles. The fraction of sp³-hybridized carbons (Fsp3) is 0.250. The molecule has 8 nitrogen and oxygen atoms in total. The standard InChI is InChI=1S/C20H23N5O3/c1-25-12-11-21-18(25)17(15-8-4-5-9-16(15)27-2)24-20(26)23-13-14-7-6-10-22-19(14)28-3/h4-12,17H,13H2,1-3H3,(H2,23,24,26)/t17-/m0/s1. The predicted octanol–water partition coefficient (Wildman–Crippen LogP) is 2.42. The third kappa shape index (κ3) is 4.22. The van der Waals surface area contributed by atoms with Gasteiger partial charge < -0.3 is 24.7 Å². The Morgan fingerprint density at radius 2 is 1.93 bits per heavy atom. The van der Waals surface area contributed by atoms with Crippen LogP contribution in [-0.4, -0.2) is 34.8 Å². The molecule has 0 unspecified atom stereocenters. The van der Waals surface area contributed by atoms with Crippen molar-refractivity contribution in [2.45, 2.75) is 12.6 Å². The van der Waals surface area contributed by atoms with Gasteiger partial charge in [0.1, 0.15) is 17.6 Å². The number of aryl methyl sites for hydroxylation is 1. The maximum Gasteiger partial charge on any atom is 0.315 e. The smallest absolute Gasteiger partial charge is 0.315 e. The lowest BCUT2D eigenvalue weighted by Gasteiger charge is -2.21. The minimum atomic E-state index is -0.480. The maximum absolute atomic E-state index is 12.6. The number of hydrogen-bond donors (Lipinski definition) is 2. The SMILES string of the molecule is COc1ccccc1[C@H](NC(=O)NCc1cccnc1OC)c1nccn1C. The summed E-state index contributed by atoms with van der Waals surface area (Å²) in [6.07, 6.45) is 5.16. The number of benzene rings is 1. The van der Waals surface area contributed by atoms with E-state index in [0.717, 1.165) is 11.1 Å². The molecule has 146 valence electrons. The van der Waals surface area contributed by atoms with Gasteiger partial charge in [-0.15, -0.1) is 0 Å². The van der Waals surface area contributed by atoms with Crippen molar-refractivity contribution < 1.29 is 14.3 Å². The summed E-state index contributed by atoms with van der Waals surface area (Å²) in [5.74, 6) is 1.84. The Balaban J connectivity index is 1.80. The van der Waals surface area contributed by atoms with Gasteiger partial charge in [-0.1, -0.05) is 24.3 Å². The molecule has 2 N–H and O–H groups in total. The van der Waals surface area contributed by atoms with Crippen LogP contribution in [0.1, 0.15) is 23.0 Å². The average Bonchev–Trinajstić information content (AvgIpc) is 3.16. The summed E-state index contributed by atoms with van der Waals surface area (Å²) in [6.45, 7) is 0.280. The summed E-state index contributed by atoms with van der Waals surface area (Å²) in [5, 5.41) is 5.83. The minimum absolute atomic E-state index is 0.280. The molecule has 0 aliphatic carbocycles. The number of para-hydroxylation sites is 1. The lowest BCUT2D eigenvalue weighted by Crippen LogP contribution is -2.39. The second kappa shape index (κ2) is 8.90. The number of urea groups is 1. The number of amides is 2. The molecule has 0 saturated carbocycles. The zero-order valence-corrected chi connectivity index (χ0v) is 16.0.